The lowest BCUT2D eigenvalue weighted by atomic mass is 10.1. The molecule has 0 fully saturated rings. The molecule has 0 saturated heterocycles. The zero-order chi connectivity index (χ0) is 13.7. The van der Waals surface area contributed by atoms with Gasteiger partial charge in [0.1, 0.15) is 6.61 Å². The molecule has 1 amide bonds. The van der Waals surface area contributed by atoms with E-state index >= 15 is 0 Å². The first-order chi connectivity index (χ1) is 8.47. The average molecular weight is 250 g/mol. The van der Waals surface area contributed by atoms with E-state index in [1.165, 1.54) is 36.2 Å². The van der Waals surface area contributed by atoms with Gasteiger partial charge in [0.25, 0.3) is 0 Å². The zero-order valence-corrected chi connectivity index (χ0v) is 9.92. The number of hydrogen-bond acceptors (Lipinski definition) is 4. The lowest BCUT2D eigenvalue weighted by Crippen LogP contribution is -2.28. The van der Waals surface area contributed by atoms with E-state index in [4.69, 9.17) is 15.6 Å². The van der Waals surface area contributed by atoms with E-state index in [1.54, 1.807) is 0 Å². The number of carbonyl (C=O) groups excluding carboxylic acids is 1. The first-order valence-electron chi connectivity index (χ1n) is 5.11. The van der Waals surface area contributed by atoms with Crippen molar-refractivity contribution in [3.63, 3.8) is 0 Å². The highest BCUT2D eigenvalue weighted by molar-refractivity contribution is 5.95. The van der Waals surface area contributed by atoms with E-state index in [2.05, 4.69) is 6.58 Å². The molecule has 6 nitrogen and oxygen atoms in total. The fourth-order valence-electron chi connectivity index (χ4n) is 1.32. The van der Waals surface area contributed by atoms with Gasteiger partial charge in [0.2, 0.25) is 0 Å². The molecule has 0 aliphatic heterocycles. The van der Waals surface area contributed by atoms with Gasteiger partial charge >= 0.3 is 12.1 Å². The van der Waals surface area contributed by atoms with Crippen LogP contribution >= 0.6 is 0 Å². The summed E-state index contributed by atoms with van der Waals surface area (Å²) in [5, 5.41) is 8.79. The molecule has 0 atom stereocenters. The van der Waals surface area contributed by atoms with Gasteiger partial charge in [-0.05, 0) is 18.2 Å². The number of ether oxygens (including phenoxy) is 1. The van der Waals surface area contributed by atoms with Crippen molar-refractivity contribution in [3.8, 4) is 0 Å². The second kappa shape index (κ2) is 5.72. The van der Waals surface area contributed by atoms with Crippen molar-refractivity contribution in [1.82, 2.24) is 0 Å². The van der Waals surface area contributed by atoms with Crippen LogP contribution in [-0.4, -0.2) is 30.8 Å². The molecule has 96 valence electrons. The van der Waals surface area contributed by atoms with Crippen molar-refractivity contribution >= 4 is 23.4 Å². The number of nitrogens with zero attached hydrogens (tertiary/aromatic N) is 1. The number of rotatable bonds is 4. The Labute approximate surface area is 104 Å². The maximum Gasteiger partial charge on any atom is 0.414 e. The number of nitrogens with two attached hydrogens (primary N) is 1. The van der Waals surface area contributed by atoms with Crippen LogP contribution in [0.5, 0.6) is 0 Å². The quantitative estimate of drug-likeness (QED) is 0.627. The zero-order valence-electron chi connectivity index (χ0n) is 9.92. The standard InChI is InChI=1S/C12H14N2O4/c1-3-6-18-12(17)14(2)10-5-4-8(11(15)16)7-9(10)13/h3-5,7H,1,6,13H2,2H3,(H,15,16). The summed E-state index contributed by atoms with van der Waals surface area (Å²) >= 11 is 0. The Bertz CT molecular complexity index is 485. The molecule has 3 N–H and O–H groups in total. The molecule has 0 unspecified atom stereocenters. The summed E-state index contributed by atoms with van der Waals surface area (Å²) in [6, 6.07) is 4.11. The van der Waals surface area contributed by atoms with Gasteiger partial charge in [-0.25, -0.2) is 9.59 Å². The van der Waals surface area contributed by atoms with Crippen molar-refractivity contribution in [3.05, 3.63) is 36.4 Å². The molecule has 0 heterocycles. The Kier molecular flexibility index (Phi) is 4.31. The molecule has 6 heteroatoms. The Morgan fingerprint density at radius 2 is 2.22 bits per heavy atom. The predicted octanol–water partition coefficient (Wildman–Crippen LogP) is 1.73. The van der Waals surface area contributed by atoms with Gasteiger partial charge in [-0.2, -0.15) is 0 Å². The van der Waals surface area contributed by atoms with Crippen LogP contribution in [0.1, 0.15) is 10.4 Å². The van der Waals surface area contributed by atoms with E-state index in [-0.39, 0.29) is 17.9 Å². The minimum atomic E-state index is -1.08. The summed E-state index contributed by atoms with van der Waals surface area (Å²) < 4.78 is 4.84. The minimum Gasteiger partial charge on any atom is -0.478 e. The second-order valence-electron chi connectivity index (χ2n) is 3.50. The number of carboxylic acids is 1. The SMILES string of the molecule is C=CCOC(=O)N(C)c1ccc(C(=O)O)cc1N. The number of anilines is 2. The molecule has 0 bridgehead atoms. The van der Waals surface area contributed by atoms with E-state index in [0.717, 1.165) is 0 Å². The van der Waals surface area contributed by atoms with Gasteiger partial charge in [-0.3, -0.25) is 4.90 Å². The maximum absolute atomic E-state index is 11.6. The molecule has 1 aromatic rings. The Morgan fingerprint density at radius 3 is 2.72 bits per heavy atom. The van der Waals surface area contributed by atoms with Crippen LogP contribution in [0.15, 0.2) is 30.9 Å². The number of aromatic carboxylic acids is 1. The molecule has 1 aromatic carbocycles. The first-order valence-corrected chi connectivity index (χ1v) is 5.11. The highest BCUT2D eigenvalue weighted by atomic mass is 16.6. The average Bonchev–Trinajstić information content (AvgIpc) is 2.34. The van der Waals surface area contributed by atoms with Crippen LogP contribution < -0.4 is 10.6 Å². The van der Waals surface area contributed by atoms with Crippen molar-refractivity contribution < 1.29 is 19.4 Å². The van der Waals surface area contributed by atoms with Crippen molar-refractivity contribution in [2.45, 2.75) is 0 Å². The lowest BCUT2D eigenvalue weighted by Gasteiger charge is -2.18. The minimum absolute atomic E-state index is 0.0594. The number of amides is 1. The maximum atomic E-state index is 11.6. The van der Waals surface area contributed by atoms with Gasteiger partial charge in [-0.15, -0.1) is 0 Å². The molecular weight excluding hydrogens is 236 g/mol. The number of benzene rings is 1. The van der Waals surface area contributed by atoms with Crippen LogP contribution in [0.25, 0.3) is 0 Å². The van der Waals surface area contributed by atoms with Crippen LogP contribution in [0, 0.1) is 0 Å². The summed E-state index contributed by atoms with van der Waals surface area (Å²) in [7, 11) is 1.48. The van der Waals surface area contributed by atoms with Gasteiger partial charge in [0.15, 0.2) is 0 Å². The van der Waals surface area contributed by atoms with Gasteiger partial charge < -0.3 is 15.6 Å². The summed E-state index contributed by atoms with van der Waals surface area (Å²) in [6.45, 7) is 3.52. The van der Waals surface area contributed by atoms with Gasteiger partial charge in [0, 0.05) is 7.05 Å². The van der Waals surface area contributed by atoms with E-state index < -0.39 is 12.1 Å². The molecule has 0 spiro atoms. The van der Waals surface area contributed by atoms with Crippen molar-refractivity contribution in [2.24, 2.45) is 0 Å². The molecular formula is C12H14N2O4. The van der Waals surface area contributed by atoms with Crippen molar-refractivity contribution in [2.75, 3.05) is 24.3 Å². The van der Waals surface area contributed by atoms with Crippen LogP contribution in [0.4, 0.5) is 16.2 Å². The Hall–Kier alpha value is -2.50. The third-order valence-electron chi connectivity index (χ3n) is 2.23. The highest BCUT2D eigenvalue weighted by Gasteiger charge is 2.15. The first kappa shape index (κ1) is 13.6. The van der Waals surface area contributed by atoms with E-state index in [1.807, 2.05) is 0 Å². The summed E-state index contributed by atoms with van der Waals surface area (Å²) in [5.74, 6) is -1.08. The third-order valence-corrected chi connectivity index (χ3v) is 2.23. The molecule has 0 radical (unpaired) electrons. The number of hydrogen-bond donors (Lipinski definition) is 2. The monoisotopic (exact) mass is 250 g/mol. The van der Waals surface area contributed by atoms with Crippen LogP contribution in [0.3, 0.4) is 0 Å². The molecule has 0 aliphatic carbocycles. The van der Waals surface area contributed by atoms with Crippen LogP contribution in [0.2, 0.25) is 0 Å². The molecule has 0 saturated carbocycles. The molecule has 0 aliphatic rings. The largest absolute Gasteiger partial charge is 0.478 e. The second-order valence-corrected chi connectivity index (χ2v) is 3.50. The lowest BCUT2D eigenvalue weighted by molar-refractivity contribution is 0.0697. The molecule has 0 aromatic heterocycles. The van der Waals surface area contributed by atoms with E-state index in [0.29, 0.717) is 5.69 Å². The molecule has 1 rings (SSSR count). The predicted molar refractivity (Wildman–Crippen MR) is 67.8 cm³/mol. The smallest absolute Gasteiger partial charge is 0.414 e. The Balaban J connectivity index is 2.92. The summed E-state index contributed by atoms with van der Waals surface area (Å²) in [5.41, 5.74) is 6.32. The number of carbonyl (C=O) groups is 2. The fourth-order valence-corrected chi connectivity index (χ4v) is 1.32. The topological polar surface area (TPSA) is 92.9 Å². The summed E-state index contributed by atoms with van der Waals surface area (Å²) in [6.07, 6.45) is 0.854. The third kappa shape index (κ3) is 3.00. The molecule has 18 heavy (non-hydrogen) atoms. The van der Waals surface area contributed by atoms with Crippen molar-refractivity contribution in [1.29, 1.82) is 0 Å². The van der Waals surface area contributed by atoms with Crippen LogP contribution in [-0.2, 0) is 4.74 Å². The van der Waals surface area contributed by atoms with E-state index in [9.17, 15) is 9.59 Å². The van der Waals surface area contributed by atoms with Gasteiger partial charge in [0.05, 0.1) is 16.9 Å². The normalized spacial score (nSPS) is 9.61. The Morgan fingerprint density at radius 1 is 1.56 bits per heavy atom. The number of carboxylic acid groups (broad SMARTS) is 1. The highest BCUT2D eigenvalue weighted by Crippen LogP contribution is 2.24. The number of nitrogen functional groups attached to an aromatic ring is 1. The van der Waals surface area contributed by atoms with Gasteiger partial charge in [-0.1, -0.05) is 12.7 Å². The summed E-state index contributed by atoms with van der Waals surface area (Å²) in [4.78, 5) is 23.5. The fraction of sp³-hybridized carbons (Fsp3) is 0.167.